The van der Waals surface area contributed by atoms with Crippen LogP contribution in [0.1, 0.15) is 31.0 Å². The number of hydrogen-bond donors (Lipinski definition) is 0. The molecule has 1 fully saturated rings. The largest absolute Gasteiger partial charge is 0.381 e. The number of benzene rings is 1. The minimum atomic E-state index is 0.107. The molecule has 0 amide bonds. The zero-order chi connectivity index (χ0) is 16.1. The monoisotopic (exact) mass is 331 g/mol. The van der Waals surface area contributed by atoms with Gasteiger partial charge in [-0.3, -0.25) is 4.68 Å². The van der Waals surface area contributed by atoms with Gasteiger partial charge in [0.05, 0.1) is 12.2 Å². The van der Waals surface area contributed by atoms with Crippen LogP contribution in [0.25, 0.3) is 0 Å². The van der Waals surface area contributed by atoms with Crippen molar-refractivity contribution in [3.63, 3.8) is 0 Å². The Balaban J connectivity index is 1.79. The van der Waals surface area contributed by atoms with Gasteiger partial charge in [0.25, 0.3) is 0 Å². The Bertz CT molecular complexity index is 608. The first kappa shape index (κ1) is 16.5. The lowest BCUT2D eigenvalue weighted by molar-refractivity contribution is 0.0419. The fourth-order valence-corrected chi connectivity index (χ4v) is 3.63. The fraction of sp³-hybridized carbons (Fsp3) is 0.556. The highest BCUT2D eigenvalue weighted by Gasteiger charge is 2.35. The first-order valence-electron chi connectivity index (χ1n) is 8.27. The first-order chi connectivity index (χ1) is 11.2. The molecule has 3 rings (SSSR count). The predicted octanol–water partition coefficient (Wildman–Crippen LogP) is 3.32. The normalized spacial score (nSPS) is 18.7. The standard InChI is InChI=1S/C18H25N3OS/c1-15(23-2)12-17-13-21(20-19-17)14-18(8-10-22-11-9-18)16-6-4-3-5-7-16/h3-7,13,15H,8-12,14H2,1-2H3/t15-/m1/s1. The molecule has 0 saturated carbocycles. The highest BCUT2D eigenvalue weighted by molar-refractivity contribution is 7.99. The van der Waals surface area contributed by atoms with Crippen molar-refractivity contribution in [2.75, 3.05) is 19.5 Å². The molecule has 1 aliphatic heterocycles. The lowest BCUT2D eigenvalue weighted by Gasteiger charge is -2.37. The van der Waals surface area contributed by atoms with Gasteiger partial charge in [0, 0.05) is 36.5 Å². The van der Waals surface area contributed by atoms with Crippen molar-refractivity contribution in [2.45, 2.75) is 43.4 Å². The third-order valence-electron chi connectivity index (χ3n) is 4.79. The number of ether oxygens (including phenoxy) is 1. The molecular weight excluding hydrogens is 306 g/mol. The molecule has 1 atom stereocenters. The topological polar surface area (TPSA) is 39.9 Å². The molecule has 2 aromatic rings. The summed E-state index contributed by atoms with van der Waals surface area (Å²) >= 11 is 1.87. The smallest absolute Gasteiger partial charge is 0.0838 e. The Morgan fingerprint density at radius 2 is 2.00 bits per heavy atom. The third kappa shape index (κ3) is 3.96. The van der Waals surface area contributed by atoms with E-state index in [4.69, 9.17) is 4.74 Å². The summed E-state index contributed by atoms with van der Waals surface area (Å²) < 4.78 is 7.64. The van der Waals surface area contributed by atoms with Gasteiger partial charge >= 0.3 is 0 Å². The van der Waals surface area contributed by atoms with E-state index in [1.54, 1.807) is 0 Å². The van der Waals surface area contributed by atoms with Crippen molar-refractivity contribution >= 4 is 11.8 Å². The molecule has 0 bridgehead atoms. The Hall–Kier alpha value is -1.33. The van der Waals surface area contributed by atoms with E-state index in [0.29, 0.717) is 5.25 Å². The van der Waals surface area contributed by atoms with Crippen LogP contribution in [0.4, 0.5) is 0 Å². The summed E-state index contributed by atoms with van der Waals surface area (Å²) in [6, 6.07) is 10.8. The molecule has 1 aromatic heterocycles. The summed E-state index contributed by atoms with van der Waals surface area (Å²) in [7, 11) is 0. The molecule has 1 saturated heterocycles. The van der Waals surface area contributed by atoms with Crippen LogP contribution in [-0.2, 0) is 23.1 Å². The molecule has 0 radical (unpaired) electrons. The van der Waals surface area contributed by atoms with Crippen molar-refractivity contribution in [3.05, 3.63) is 47.8 Å². The van der Waals surface area contributed by atoms with Crippen LogP contribution in [0.2, 0.25) is 0 Å². The average Bonchev–Trinajstić information content (AvgIpc) is 3.03. The van der Waals surface area contributed by atoms with Crippen molar-refractivity contribution in [2.24, 2.45) is 0 Å². The van der Waals surface area contributed by atoms with Gasteiger partial charge in [-0.15, -0.1) is 5.10 Å². The van der Waals surface area contributed by atoms with Crippen LogP contribution < -0.4 is 0 Å². The first-order valence-corrected chi connectivity index (χ1v) is 9.56. The molecule has 0 N–H and O–H groups in total. The van der Waals surface area contributed by atoms with E-state index >= 15 is 0 Å². The average molecular weight is 331 g/mol. The lowest BCUT2D eigenvalue weighted by Crippen LogP contribution is -2.38. The summed E-state index contributed by atoms with van der Waals surface area (Å²) in [6.07, 6.45) is 7.30. The highest BCUT2D eigenvalue weighted by atomic mass is 32.2. The molecule has 124 valence electrons. The van der Waals surface area contributed by atoms with Gasteiger partial charge in [-0.2, -0.15) is 11.8 Å². The molecule has 2 heterocycles. The second-order valence-electron chi connectivity index (χ2n) is 6.42. The van der Waals surface area contributed by atoms with Crippen LogP contribution in [0, 0.1) is 0 Å². The summed E-state index contributed by atoms with van der Waals surface area (Å²) in [5, 5.41) is 9.32. The predicted molar refractivity (Wildman–Crippen MR) is 94.9 cm³/mol. The number of rotatable bonds is 6. The maximum absolute atomic E-state index is 5.61. The van der Waals surface area contributed by atoms with Crippen LogP contribution in [0.15, 0.2) is 36.5 Å². The quantitative estimate of drug-likeness (QED) is 0.814. The van der Waals surface area contributed by atoms with Crippen LogP contribution >= 0.6 is 11.8 Å². The van der Waals surface area contributed by atoms with Gasteiger partial charge in [0.15, 0.2) is 0 Å². The van der Waals surface area contributed by atoms with Crippen molar-refractivity contribution in [3.8, 4) is 0 Å². The maximum Gasteiger partial charge on any atom is 0.0838 e. The van der Waals surface area contributed by atoms with Gasteiger partial charge in [-0.05, 0) is 24.7 Å². The molecular formula is C18H25N3OS. The van der Waals surface area contributed by atoms with Crippen molar-refractivity contribution in [1.82, 2.24) is 15.0 Å². The fourth-order valence-electron chi connectivity index (χ4n) is 3.29. The molecule has 1 aromatic carbocycles. The van der Waals surface area contributed by atoms with E-state index in [1.165, 1.54) is 5.56 Å². The number of thioether (sulfide) groups is 1. The second-order valence-corrected chi connectivity index (χ2v) is 7.69. The van der Waals surface area contributed by atoms with Gasteiger partial charge in [0.2, 0.25) is 0 Å². The molecule has 0 unspecified atom stereocenters. The zero-order valence-corrected chi connectivity index (χ0v) is 14.8. The summed E-state index contributed by atoms with van der Waals surface area (Å²) in [6.45, 7) is 4.74. The molecule has 0 spiro atoms. The number of nitrogens with zero attached hydrogens (tertiary/aromatic N) is 3. The highest BCUT2D eigenvalue weighted by Crippen LogP contribution is 2.36. The van der Waals surface area contributed by atoms with E-state index in [2.05, 4.69) is 60.0 Å². The van der Waals surface area contributed by atoms with Gasteiger partial charge in [0.1, 0.15) is 0 Å². The van der Waals surface area contributed by atoms with E-state index in [-0.39, 0.29) is 5.41 Å². The summed E-state index contributed by atoms with van der Waals surface area (Å²) in [5.41, 5.74) is 2.58. The van der Waals surface area contributed by atoms with Crippen molar-refractivity contribution in [1.29, 1.82) is 0 Å². The van der Waals surface area contributed by atoms with E-state index < -0.39 is 0 Å². The molecule has 23 heavy (non-hydrogen) atoms. The molecule has 0 aliphatic carbocycles. The lowest BCUT2D eigenvalue weighted by atomic mass is 9.74. The van der Waals surface area contributed by atoms with Crippen LogP contribution in [0.3, 0.4) is 0 Å². The number of aromatic nitrogens is 3. The van der Waals surface area contributed by atoms with Crippen LogP contribution in [-0.4, -0.2) is 39.7 Å². The van der Waals surface area contributed by atoms with Crippen molar-refractivity contribution < 1.29 is 4.74 Å². The Morgan fingerprint density at radius 3 is 2.70 bits per heavy atom. The Morgan fingerprint density at radius 1 is 1.26 bits per heavy atom. The molecule has 4 nitrogen and oxygen atoms in total. The zero-order valence-electron chi connectivity index (χ0n) is 13.9. The third-order valence-corrected chi connectivity index (χ3v) is 5.76. The van der Waals surface area contributed by atoms with Crippen LogP contribution in [0.5, 0.6) is 0 Å². The molecule has 5 heteroatoms. The Kier molecular flexibility index (Phi) is 5.38. The van der Waals surface area contributed by atoms with Gasteiger partial charge < -0.3 is 4.74 Å². The van der Waals surface area contributed by atoms with Gasteiger partial charge in [-0.25, -0.2) is 0 Å². The van der Waals surface area contributed by atoms with E-state index in [1.807, 2.05) is 16.4 Å². The summed E-state index contributed by atoms with van der Waals surface area (Å²) in [5.74, 6) is 0. The minimum Gasteiger partial charge on any atom is -0.381 e. The SMILES string of the molecule is CS[C@H](C)Cc1cn(CC2(c3ccccc3)CCOCC2)nn1. The maximum atomic E-state index is 5.61. The van der Waals surface area contributed by atoms with E-state index in [0.717, 1.165) is 44.7 Å². The summed E-state index contributed by atoms with van der Waals surface area (Å²) in [4.78, 5) is 0. The second kappa shape index (κ2) is 7.49. The minimum absolute atomic E-state index is 0.107. The molecule has 1 aliphatic rings. The van der Waals surface area contributed by atoms with Gasteiger partial charge in [-0.1, -0.05) is 42.5 Å². The number of hydrogen-bond acceptors (Lipinski definition) is 4. The van der Waals surface area contributed by atoms with E-state index in [9.17, 15) is 0 Å². The Labute approximate surface area is 142 Å².